The number of rotatable bonds is 7. The van der Waals surface area contributed by atoms with Crippen molar-refractivity contribution in [3.63, 3.8) is 0 Å². The minimum absolute atomic E-state index is 0.853. The molecule has 60 heavy (non-hydrogen) atoms. The van der Waals surface area contributed by atoms with Crippen molar-refractivity contribution in [3.05, 3.63) is 218 Å². The molecule has 4 heteroatoms. The molecular weight excluding hydrogens is 733 g/mol. The Morgan fingerprint density at radius 3 is 1.63 bits per heavy atom. The van der Waals surface area contributed by atoms with E-state index in [4.69, 9.17) is 8.83 Å². The Hall–Kier alpha value is -8.08. The van der Waals surface area contributed by atoms with E-state index in [1.807, 2.05) is 30.3 Å². The largest absolute Gasteiger partial charge is 0.454 e. The Kier molecular flexibility index (Phi) is 7.82. The van der Waals surface area contributed by atoms with Gasteiger partial charge in [0.2, 0.25) is 5.71 Å². The van der Waals surface area contributed by atoms with Gasteiger partial charge in [-0.25, -0.2) is 0 Å². The number of hydrogen-bond acceptors (Lipinski definition) is 3. The van der Waals surface area contributed by atoms with Crippen LogP contribution in [0, 0.1) is 0 Å². The van der Waals surface area contributed by atoms with Gasteiger partial charge in [-0.2, -0.15) is 0 Å². The van der Waals surface area contributed by atoms with Gasteiger partial charge in [0.25, 0.3) is 0 Å². The number of hydrogen-bond donors (Lipinski definition) is 0. The predicted molar refractivity (Wildman–Crippen MR) is 249 cm³/mol. The van der Waals surface area contributed by atoms with Crippen LogP contribution in [-0.2, 0) is 0 Å². The maximum absolute atomic E-state index is 6.64. The van der Waals surface area contributed by atoms with Crippen LogP contribution in [0.2, 0.25) is 0 Å². The zero-order chi connectivity index (χ0) is 39.6. The van der Waals surface area contributed by atoms with E-state index in [-0.39, 0.29) is 0 Å². The molecule has 0 bridgehead atoms. The highest BCUT2D eigenvalue weighted by Gasteiger charge is 2.22. The van der Waals surface area contributed by atoms with Crippen molar-refractivity contribution in [1.82, 2.24) is 4.57 Å². The van der Waals surface area contributed by atoms with Crippen molar-refractivity contribution in [2.24, 2.45) is 0 Å². The maximum atomic E-state index is 6.64. The van der Waals surface area contributed by atoms with E-state index in [1.54, 1.807) is 0 Å². The monoisotopic (exact) mass is 768 g/mol. The summed E-state index contributed by atoms with van der Waals surface area (Å²) in [5.74, 6) is 0. The highest BCUT2D eigenvalue weighted by molar-refractivity contribution is 6.20. The number of fused-ring (bicyclic) bond motifs is 8. The first-order valence-corrected chi connectivity index (χ1v) is 20.3. The van der Waals surface area contributed by atoms with Crippen molar-refractivity contribution in [2.75, 3.05) is 4.90 Å². The van der Waals surface area contributed by atoms with Crippen molar-refractivity contribution >= 4 is 72.0 Å². The lowest BCUT2D eigenvalue weighted by atomic mass is 9.94. The third kappa shape index (κ3) is 5.46. The van der Waals surface area contributed by atoms with Crippen molar-refractivity contribution in [1.29, 1.82) is 0 Å². The molecule has 0 N–H and O–H groups in total. The van der Waals surface area contributed by atoms with E-state index in [0.717, 1.165) is 94.4 Å². The Morgan fingerprint density at radius 1 is 0.367 bits per heavy atom. The van der Waals surface area contributed by atoms with Crippen LogP contribution in [0.5, 0.6) is 0 Å². The normalized spacial score (nSPS) is 11.7. The van der Waals surface area contributed by atoms with Gasteiger partial charge >= 0.3 is 0 Å². The van der Waals surface area contributed by atoms with Gasteiger partial charge < -0.3 is 13.7 Å². The molecule has 0 radical (unpaired) electrons. The predicted octanol–water partition coefficient (Wildman–Crippen LogP) is 15.9. The van der Waals surface area contributed by atoms with Crippen LogP contribution in [0.15, 0.2) is 227 Å². The Labute approximate surface area is 346 Å². The van der Waals surface area contributed by atoms with Gasteiger partial charge in [-0.1, -0.05) is 152 Å². The number of anilines is 3. The molecule has 0 aliphatic heterocycles. The van der Waals surface area contributed by atoms with Crippen molar-refractivity contribution < 1.29 is 8.83 Å². The van der Waals surface area contributed by atoms with Crippen molar-refractivity contribution in [3.8, 4) is 39.1 Å². The first-order valence-electron chi connectivity index (χ1n) is 20.3. The minimum atomic E-state index is 0.853. The van der Waals surface area contributed by atoms with Crippen LogP contribution in [0.3, 0.4) is 0 Å². The first kappa shape index (κ1) is 34.0. The molecular formula is C56H36N2O2. The Morgan fingerprint density at radius 2 is 0.917 bits per heavy atom. The van der Waals surface area contributed by atoms with E-state index in [2.05, 4.69) is 198 Å². The molecule has 282 valence electrons. The fraction of sp³-hybridized carbons (Fsp3) is 0. The van der Waals surface area contributed by atoms with E-state index in [0.29, 0.717) is 0 Å². The summed E-state index contributed by atoms with van der Waals surface area (Å²) in [7, 11) is 0. The summed E-state index contributed by atoms with van der Waals surface area (Å²) in [6.45, 7) is 0. The molecule has 0 amide bonds. The van der Waals surface area contributed by atoms with Crippen LogP contribution >= 0.6 is 0 Å². The average molecular weight is 769 g/mol. The summed E-state index contributed by atoms with van der Waals surface area (Å²) in [6.07, 6.45) is 0. The third-order valence-electron chi connectivity index (χ3n) is 11.8. The fourth-order valence-electron chi connectivity index (χ4n) is 9.04. The minimum Gasteiger partial charge on any atom is -0.454 e. The zero-order valence-corrected chi connectivity index (χ0v) is 32.5. The average Bonchev–Trinajstić information content (AvgIpc) is 3.99. The molecule has 0 saturated heterocycles. The standard InChI is InChI=1S/C56H36N2O2/c1-3-14-38(15-4-1)44-18-7-8-19-45(44)39-28-33-43(34-29-39)57(51-23-13-22-47-46-20-9-11-24-52(46)59-55(47)51)42-31-26-37(27-32-42)40-30-35-50-49(36-40)54-48-21-10-12-25-53(48)60-56(54)58(50)41-16-5-2-6-17-41/h1-36H. The van der Waals surface area contributed by atoms with Gasteiger partial charge in [0, 0.05) is 38.6 Å². The first-order chi connectivity index (χ1) is 29.8. The summed E-state index contributed by atoms with van der Waals surface area (Å²) in [4.78, 5) is 2.31. The summed E-state index contributed by atoms with van der Waals surface area (Å²) < 4.78 is 15.4. The molecule has 0 aliphatic rings. The highest BCUT2D eigenvalue weighted by atomic mass is 16.3. The maximum Gasteiger partial charge on any atom is 0.213 e. The number of para-hydroxylation sites is 4. The zero-order valence-electron chi connectivity index (χ0n) is 32.5. The van der Waals surface area contributed by atoms with Crippen LogP contribution in [0.25, 0.3) is 94.0 Å². The van der Waals surface area contributed by atoms with Crippen LogP contribution in [0.1, 0.15) is 0 Å². The Bertz CT molecular complexity index is 3520. The lowest BCUT2D eigenvalue weighted by molar-refractivity contribution is 0.645. The highest BCUT2D eigenvalue weighted by Crippen LogP contribution is 2.45. The molecule has 0 fully saturated rings. The third-order valence-corrected chi connectivity index (χ3v) is 11.8. The van der Waals surface area contributed by atoms with Crippen molar-refractivity contribution in [2.45, 2.75) is 0 Å². The summed E-state index contributed by atoms with van der Waals surface area (Å²) in [5.41, 5.74) is 15.7. The molecule has 3 heterocycles. The lowest BCUT2D eigenvalue weighted by Crippen LogP contribution is -2.10. The fourth-order valence-corrected chi connectivity index (χ4v) is 9.04. The molecule has 12 rings (SSSR count). The smallest absolute Gasteiger partial charge is 0.213 e. The quantitative estimate of drug-likeness (QED) is 0.162. The molecule has 0 unspecified atom stereocenters. The topological polar surface area (TPSA) is 34.5 Å². The van der Waals surface area contributed by atoms with Gasteiger partial charge in [-0.05, 0) is 100 Å². The van der Waals surface area contributed by atoms with Gasteiger partial charge in [-0.3, -0.25) is 4.57 Å². The van der Waals surface area contributed by atoms with Crippen LogP contribution in [-0.4, -0.2) is 4.57 Å². The molecule has 9 aromatic carbocycles. The Balaban J connectivity index is 0.986. The second-order valence-electron chi connectivity index (χ2n) is 15.3. The number of benzene rings is 9. The molecule has 3 aromatic heterocycles. The van der Waals surface area contributed by atoms with Gasteiger partial charge in [-0.15, -0.1) is 0 Å². The van der Waals surface area contributed by atoms with Gasteiger partial charge in [0.05, 0.1) is 16.6 Å². The SMILES string of the molecule is c1ccc(-c2ccccc2-c2ccc(N(c3ccc(-c4ccc5c(c4)c4c6ccccc6oc4n5-c4ccccc4)cc3)c3cccc4c3oc3ccccc34)cc2)cc1. The second kappa shape index (κ2) is 13.8. The van der Waals surface area contributed by atoms with Crippen LogP contribution < -0.4 is 4.90 Å². The van der Waals surface area contributed by atoms with Gasteiger partial charge in [0.1, 0.15) is 11.2 Å². The van der Waals surface area contributed by atoms with E-state index in [1.165, 1.54) is 16.7 Å². The van der Waals surface area contributed by atoms with Gasteiger partial charge in [0.15, 0.2) is 5.58 Å². The summed E-state index contributed by atoms with van der Waals surface area (Å²) in [6, 6.07) is 77.3. The number of aromatic nitrogens is 1. The van der Waals surface area contributed by atoms with Crippen LogP contribution in [0.4, 0.5) is 17.1 Å². The molecule has 0 spiro atoms. The molecule has 0 aliphatic carbocycles. The molecule has 4 nitrogen and oxygen atoms in total. The molecule has 12 aromatic rings. The number of nitrogens with zero attached hydrogens (tertiary/aromatic N) is 2. The molecule has 0 atom stereocenters. The van der Waals surface area contributed by atoms with E-state index >= 15 is 0 Å². The summed E-state index contributed by atoms with van der Waals surface area (Å²) in [5, 5.41) is 5.60. The van der Waals surface area contributed by atoms with E-state index in [9.17, 15) is 0 Å². The summed E-state index contributed by atoms with van der Waals surface area (Å²) >= 11 is 0. The molecule has 0 saturated carbocycles. The van der Waals surface area contributed by atoms with E-state index < -0.39 is 0 Å². The number of furan rings is 2. The lowest BCUT2D eigenvalue weighted by Gasteiger charge is -2.26. The second-order valence-corrected chi connectivity index (χ2v) is 15.3.